The highest BCUT2D eigenvalue weighted by Gasteiger charge is 2.33. The van der Waals surface area contributed by atoms with Crippen LogP contribution in [0.15, 0.2) is 56.5 Å². The summed E-state index contributed by atoms with van der Waals surface area (Å²) in [5.41, 5.74) is 1.33. The quantitative estimate of drug-likeness (QED) is 0.266. The van der Waals surface area contributed by atoms with Crippen molar-refractivity contribution in [2.45, 2.75) is 9.56 Å². The Morgan fingerprint density at radius 1 is 1.34 bits per heavy atom. The summed E-state index contributed by atoms with van der Waals surface area (Å²) in [6.07, 6.45) is 2.93. The molecule has 1 fully saturated rings. The summed E-state index contributed by atoms with van der Waals surface area (Å²) < 4.78 is 6.23. The summed E-state index contributed by atoms with van der Waals surface area (Å²) in [5.74, 6) is -1.10. The number of thiazole rings is 1. The predicted molar refractivity (Wildman–Crippen MR) is 116 cm³/mol. The second-order valence-corrected chi connectivity index (χ2v) is 8.68. The van der Waals surface area contributed by atoms with Crippen molar-refractivity contribution in [3.63, 3.8) is 0 Å². The first-order chi connectivity index (χ1) is 14.0. The van der Waals surface area contributed by atoms with Gasteiger partial charge in [-0.1, -0.05) is 29.8 Å². The lowest BCUT2D eigenvalue weighted by atomic mass is 10.1. The van der Waals surface area contributed by atoms with Gasteiger partial charge in [0.05, 0.1) is 4.88 Å². The van der Waals surface area contributed by atoms with Crippen molar-refractivity contribution in [3.05, 3.63) is 52.5 Å². The first-order valence-electron chi connectivity index (χ1n) is 8.16. The third-order valence-electron chi connectivity index (χ3n) is 3.81. The number of thiocarbonyl (C=S) groups is 1. The average molecular weight is 463 g/mol. The zero-order valence-corrected chi connectivity index (χ0v) is 17.8. The zero-order valence-electron chi connectivity index (χ0n) is 14.5. The zero-order chi connectivity index (χ0) is 20.5. The maximum absolute atomic E-state index is 12.6. The number of aromatic nitrogens is 2. The van der Waals surface area contributed by atoms with Crippen LogP contribution in [0.25, 0.3) is 17.2 Å². The van der Waals surface area contributed by atoms with Gasteiger partial charge in [0.1, 0.15) is 16.2 Å². The van der Waals surface area contributed by atoms with E-state index in [9.17, 15) is 9.59 Å². The van der Waals surface area contributed by atoms with E-state index in [1.54, 1.807) is 0 Å². The topological polar surface area (TPSA) is 88.3 Å². The van der Waals surface area contributed by atoms with Gasteiger partial charge in [-0.25, -0.2) is 9.97 Å². The maximum Gasteiger partial charge on any atom is 0.265 e. The van der Waals surface area contributed by atoms with Gasteiger partial charge in [-0.15, -0.1) is 17.9 Å². The number of hydrogen-bond donors (Lipinski definition) is 1. The molecular weight excluding hydrogens is 452 g/mol. The Bertz CT molecular complexity index is 1170. The molecule has 0 saturated carbocycles. The standard InChI is InChI=1S/C18H11ClN4O3S3/c1-2-7-23-15(25)9(14(24)22-16(23)27)8-12-13(19)21-18(28-12)29-17-20-10-5-3-4-6-11(10)26-17/h2-6,8H,1,7H2,(H,22,24,27). The third kappa shape index (κ3) is 3.97. The molecule has 0 bridgehead atoms. The van der Waals surface area contributed by atoms with Crippen molar-refractivity contribution in [2.24, 2.45) is 0 Å². The number of carbonyl (C=O) groups excluding carboxylic acids is 2. The Balaban J connectivity index is 1.61. The highest BCUT2D eigenvalue weighted by molar-refractivity contribution is 8.00. The Labute approximate surface area is 183 Å². The molecule has 2 aromatic heterocycles. The number of fused-ring (bicyclic) bond motifs is 1. The highest BCUT2D eigenvalue weighted by atomic mass is 35.5. The average Bonchev–Trinajstić information content (AvgIpc) is 3.24. The van der Waals surface area contributed by atoms with E-state index in [0.717, 1.165) is 5.52 Å². The molecule has 1 saturated heterocycles. The van der Waals surface area contributed by atoms with Gasteiger partial charge in [-0.05, 0) is 30.4 Å². The number of hydrogen-bond acceptors (Lipinski definition) is 8. The Morgan fingerprint density at radius 2 is 2.14 bits per heavy atom. The van der Waals surface area contributed by atoms with E-state index >= 15 is 0 Å². The first kappa shape index (κ1) is 19.8. The summed E-state index contributed by atoms with van der Waals surface area (Å²) in [5, 5.41) is 3.12. The number of benzene rings is 1. The lowest BCUT2D eigenvalue weighted by Gasteiger charge is -2.27. The normalized spacial score (nSPS) is 16.0. The summed E-state index contributed by atoms with van der Waals surface area (Å²) in [7, 11) is 0. The minimum absolute atomic E-state index is 0.0413. The lowest BCUT2D eigenvalue weighted by molar-refractivity contribution is -0.128. The number of para-hydroxylation sites is 2. The number of rotatable bonds is 5. The summed E-state index contributed by atoms with van der Waals surface area (Å²) in [6, 6.07) is 7.40. The summed E-state index contributed by atoms with van der Waals surface area (Å²) in [6.45, 7) is 3.78. The molecule has 0 unspecified atom stereocenters. The molecule has 1 aliphatic rings. The van der Waals surface area contributed by atoms with Crippen molar-refractivity contribution in [1.29, 1.82) is 0 Å². The van der Waals surface area contributed by atoms with Crippen LogP contribution in [0.4, 0.5) is 0 Å². The van der Waals surface area contributed by atoms with Gasteiger partial charge in [-0.2, -0.15) is 0 Å². The fourth-order valence-corrected chi connectivity index (χ4v) is 4.96. The molecule has 4 rings (SSSR count). The van der Waals surface area contributed by atoms with Crippen LogP contribution in [0.1, 0.15) is 4.88 Å². The van der Waals surface area contributed by atoms with Crippen LogP contribution >= 0.6 is 46.9 Å². The largest absolute Gasteiger partial charge is 0.431 e. The smallest absolute Gasteiger partial charge is 0.265 e. The molecule has 0 radical (unpaired) electrons. The lowest BCUT2D eigenvalue weighted by Crippen LogP contribution is -2.53. The molecule has 3 heterocycles. The maximum atomic E-state index is 12.6. The van der Waals surface area contributed by atoms with E-state index in [1.165, 1.54) is 40.2 Å². The van der Waals surface area contributed by atoms with E-state index in [2.05, 4.69) is 21.9 Å². The molecule has 0 atom stereocenters. The fraction of sp³-hybridized carbons (Fsp3) is 0.0556. The molecule has 2 amide bonds. The summed E-state index contributed by atoms with van der Waals surface area (Å²) in [4.78, 5) is 35.2. The molecule has 3 aromatic rings. The van der Waals surface area contributed by atoms with Gasteiger partial charge in [-0.3, -0.25) is 19.8 Å². The van der Waals surface area contributed by atoms with Gasteiger partial charge in [0, 0.05) is 18.3 Å². The van der Waals surface area contributed by atoms with Crippen LogP contribution in [0.5, 0.6) is 0 Å². The molecule has 1 N–H and O–H groups in total. The first-order valence-corrected chi connectivity index (χ1v) is 10.6. The van der Waals surface area contributed by atoms with Gasteiger partial charge in [0.15, 0.2) is 15.0 Å². The summed E-state index contributed by atoms with van der Waals surface area (Å²) >= 11 is 13.7. The number of amides is 2. The monoisotopic (exact) mass is 462 g/mol. The van der Waals surface area contributed by atoms with Crippen LogP contribution < -0.4 is 5.32 Å². The van der Waals surface area contributed by atoms with Crippen LogP contribution in [0.2, 0.25) is 5.15 Å². The Kier molecular flexibility index (Phi) is 5.50. The minimum atomic E-state index is -0.585. The van der Waals surface area contributed by atoms with Crippen LogP contribution in [0, 0.1) is 0 Å². The van der Waals surface area contributed by atoms with Crippen LogP contribution in [-0.4, -0.2) is 38.3 Å². The number of carbonyl (C=O) groups is 2. The molecule has 7 nitrogen and oxygen atoms in total. The molecule has 11 heteroatoms. The highest BCUT2D eigenvalue weighted by Crippen LogP contribution is 2.37. The Morgan fingerprint density at radius 3 is 2.90 bits per heavy atom. The number of halogens is 1. The van der Waals surface area contributed by atoms with Gasteiger partial charge >= 0.3 is 0 Å². The van der Waals surface area contributed by atoms with Crippen molar-refractivity contribution in [2.75, 3.05) is 6.54 Å². The van der Waals surface area contributed by atoms with E-state index in [-0.39, 0.29) is 22.4 Å². The molecule has 1 aromatic carbocycles. The second-order valence-electron chi connectivity index (χ2n) is 5.71. The van der Waals surface area contributed by atoms with Crippen molar-refractivity contribution < 1.29 is 14.0 Å². The molecule has 146 valence electrons. The molecule has 0 spiro atoms. The van der Waals surface area contributed by atoms with Crippen molar-refractivity contribution in [3.8, 4) is 0 Å². The molecule has 1 aliphatic heterocycles. The Hall–Kier alpha value is -2.53. The van der Waals surface area contributed by atoms with E-state index < -0.39 is 11.8 Å². The number of nitrogens with one attached hydrogen (secondary N) is 1. The SMILES string of the molecule is C=CCN1C(=O)C(=Cc2sc(Sc3nc4ccccc4o3)nc2Cl)C(=O)NC1=S. The van der Waals surface area contributed by atoms with Crippen LogP contribution in [0.3, 0.4) is 0 Å². The fourth-order valence-electron chi connectivity index (χ4n) is 2.52. The molecular formula is C18H11ClN4O3S3. The molecule has 0 aliphatic carbocycles. The van der Waals surface area contributed by atoms with Gasteiger partial charge in [0.2, 0.25) is 0 Å². The van der Waals surface area contributed by atoms with Gasteiger partial charge in [0.25, 0.3) is 17.0 Å². The van der Waals surface area contributed by atoms with Gasteiger partial charge < -0.3 is 4.42 Å². The minimum Gasteiger partial charge on any atom is -0.431 e. The third-order valence-corrected chi connectivity index (χ3v) is 6.45. The van der Waals surface area contributed by atoms with E-state index in [1.807, 2.05) is 24.3 Å². The predicted octanol–water partition coefficient (Wildman–Crippen LogP) is 3.90. The van der Waals surface area contributed by atoms with Crippen LogP contribution in [-0.2, 0) is 9.59 Å². The van der Waals surface area contributed by atoms with Crippen molar-refractivity contribution >= 4 is 81.0 Å². The number of nitrogens with zero attached hydrogens (tertiary/aromatic N) is 3. The molecule has 29 heavy (non-hydrogen) atoms. The second kappa shape index (κ2) is 8.07. The van der Waals surface area contributed by atoms with Crippen molar-refractivity contribution in [1.82, 2.24) is 20.2 Å². The van der Waals surface area contributed by atoms with E-state index in [0.29, 0.717) is 20.0 Å². The number of oxazole rings is 1. The van der Waals surface area contributed by atoms with E-state index in [4.69, 9.17) is 28.2 Å².